The Morgan fingerprint density at radius 3 is 2.43 bits per heavy atom. The van der Waals surface area contributed by atoms with Gasteiger partial charge >= 0.3 is 5.97 Å². The van der Waals surface area contributed by atoms with Crippen molar-refractivity contribution >= 4 is 5.97 Å². The molecule has 116 valence electrons. The van der Waals surface area contributed by atoms with Crippen LogP contribution < -0.4 is 0 Å². The van der Waals surface area contributed by atoms with Crippen LogP contribution in [0.5, 0.6) is 0 Å². The van der Waals surface area contributed by atoms with Gasteiger partial charge in [-0.25, -0.2) is 4.79 Å². The number of carboxylic acids is 1. The second kappa shape index (κ2) is 8.15. The zero-order chi connectivity index (χ0) is 15.1. The maximum atomic E-state index is 10.9. The monoisotopic (exact) mass is 290 g/mol. The van der Waals surface area contributed by atoms with E-state index in [-0.39, 0.29) is 0 Å². The molecular formula is C17H26N2O2. The molecule has 1 aromatic rings. The molecule has 1 aliphatic heterocycles. The highest BCUT2D eigenvalue weighted by Gasteiger charge is 2.13. The Balaban J connectivity index is 1.86. The van der Waals surface area contributed by atoms with Crippen molar-refractivity contribution in [2.24, 2.45) is 0 Å². The van der Waals surface area contributed by atoms with Crippen molar-refractivity contribution in [1.29, 1.82) is 0 Å². The fourth-order valence-corrected chi connectivity index (χ4v) is 2.89. The number of aromatic carboxylic acids is 1. The van der Waals surface area contributed by atoms with Crippen molar-refractivity contribution in [3.63, 3.8) is 0 Å². The van der Waals surface area contributed by atoms with Gasteiger partial charge in [-0.15, -0.1) is 0 Å². The Bertz CT molecular complexity index is 439. The number of hydrogen-bond donors (Lipinski definition) is 1. The number of hydrogen-bond acceptors (Lipinski definition) is 3. The summed E-state index contributed by atoms with van der Waals surface area (Å²) >= 11 is 0. The Kier molecular flexibility index (Phi) is 6.21. The molecule has 1 saturated heterocycles. The second-order valence-corrected chi connectivity index (χ2v) is 5.83. The van der Waals surface area contributed by atoms with Crippen LogP contribution >= 0.6 is 0 Å². The number of benzene rings is 1. The van der Waals surface area contributed by atoms with Crippen LogP contribution in [0.15, 0.2) is 24.3 Å². The molecule has 1 N–H and O–H groups in total. The molecule has 0 unspecified atom stereocenters. The Morgan fingerprint density at radius 2 is 1.86 bits per heavy atom. The van der Waals surface area contributed by atoms with E-state index in [1.807, 2.05) is 12.1 Å². The second-order valence-electron chi connectivity index (χ2n) is 5.83. The van der Waals surface area contributed by atoms with E-state index in [4.69, 9.17) is 5.11 Å². The number of nitrogens with zero attached hydrogens (tertiary/aromatic N) is 2. The highest BCUT2D eigenvalue weighted by atomic mass is 16.4. The van der Waals surface area contributed by atoms with Gasteiger partial charge in [-0.2, -0.15) is 0 Å². The maximum absolute atomic E-state index is 10.9. The molecule has 2 rings (SSSR count). The average Bonchev–Trinajstić information content (AvgIpc) is 2.99. The minimum atomic E-state index is -0.860. The van der Waals surface area contributed by atoms with Crippen molar-refractivity contribution in [3.05, 3.63) is 35.4 Å². The summed E-state index contributed by atoms with van der Waals surface area (Å²) in [6.45, 7) is 8.93. The summed E-state index contributed by atoms with van der Waals surface area (Å²) in [5.41, 5.74) is 1.55. The quantitative estimate of drug-likeness (QED) is 0.799. The summed E-state index contributed by atoms with van der Waals surface area (Å²) in [5, 5.41) is 8.93. The van der Waals surface area contributed by atoms with Crippen LogP contribution in [0, 0.1) is 0 Å². The first-order chi connectivity index (χ1) is 10.2. The third-order valence-corrected chi connectivity index (χ3v) is 4.08. The first-order valence-electron chi connectivity index (χ1n) is 7.96. The maximum Gasteiger partial charge on any atom is 0.335 e. The SMILES string of the molecule is CCCN(CCN1CCCC1)Cc1ccc(C(=O)O)cc1. The third kappa shape index (κ3) is 5.14. The van der Waals surface area contributed by atoms with Gasteiger partial charge in [0.2, 0.25) is 0 Å². The molecule has 0 atom stereocenters. The lowest BCUT2D eigenvalue weighted by molar-refractivity contribution is 0.0697. The summed E-state index contributed by atoms with van der Waals surface area (Å²) in [6.07, 6.45) is 3.82. The van der Waals surface area contributed by atoms with Crippen LogP contribution in [-0.2, 0) is 6.54 Å². The Labute approximate surface area is 127 Å². The molecule has 21 heavy (non-hydrogen) atoms. The molecule has 1 aromatic carbocycles. The van der Waals surface area contributed by atoms with Crippen LogP contribution in [0.4, 0.5) is 0 Å². The first-order valence-corrected chi connectivity index (χ1v) is 7.96. The number of carbonyl (C=O) groups is 1. The summed E-state index contributed by atoms with van der Waals surface area (Å²) in [7, 11) is 0. The van der Waals surface area contributed by atoms with Crippen LogP contribution in [0.3, 0.4) is 0 Å². The molecule has 0 radical (unpaired) electrons. The zero-order valence-electron chi connectivity index (χ0n) is 12.9. The van der Waals surface area contributed by atoms with E-state index in [0.717, 1.165) is 32.6 Å². The number of likely N-dealkylation sites (tertiary alicyclic amines) is 1. The van der Waals surface area contributed by atoms with Crippen LogP contribution in [-0.4, -0.2) is 53.6 Å². The molecule has 1 heterocycles. The molecule has 4 heteroatoms. The van der Waals surface area contributed by atoms with Gasteiger partial charge in [0.05, 0.1) is 5.56 Å². The van der Waals surface area contributed by atoms with Gasteiger partial charge in [0.1, 0.15) is 0 Å². The smallest absolute Gasteiger partial charge is 0.335 e. The van der Waals surface area contributed by atoms with Crippen molar-refractivity contribution in [3.8, 4) is 0 Å². The van der Waals surface area contributed by atoms with E-state index >= 15 is 0 Å². The van der Waals surface area contributed by atoms with Crippen LogP contribution in [0.2, 0.25) is 0 Å². The standard InChI is InChI=1S/C17H26N2O2/c1-2-9-19(13-12-18-10-3-4-11-18)14-15-5-7-16(8-6-15)17(20)21/h5-8H,2-4,9-14H2,1H3,(H,20,21). The van der Waals surface area contributed by atoms with Gasteiger partial charge in [0.15, 0.2) is 0 Å². The van der Waals surface area contributed by atoms with Gasteiger partial charge < -0.3 is 10.0 Å². The normalized spacial score (nSPS) is 15.7. The molecule has 0 aromatic heterocycles. The molecule has 0 saturated carbocycles. The average molecular weight is 290 g/mol. The zero-order valence-corrected chi connectivity index (χ0v) is 12.9. The predicted molar refractivity (Wildman–Crippen MR) is 84.6 cm³/mol. The summed E-state index contributed by atoms with van der Waals surface area (Å²) in [6, 6.07) is 7.26. The minimum Gasteiger partial charge on any atom is -0.478 e. The molecule has 0 spiro atoms. The molecule has 0 bridgehead atoms. The lowest BCUT2D eigenvalue weighted by Crippen LogP contribution is -2.34. The highest BCUT2D eigenvalue weighted by Crippen LogP contribution is 2.10. The molecule has 1 fully saturated rings. The number of rotatable bonds is 8. The minimum absolute atomic E-state index is 0.359. The van der Waals surface area contributed by atoms with E-state index in [1.165, 1.54) is 31.5 Å². The summed E-state index contributed by atoms with van der Waals surface area (Å²) < 4.78 is 0. The molecule has 0 amide bonds. The van der Waals surface area contributed by atoms with Crippen LogP contribution in [0.1, 0.15) is 42.1 Å². The van der Waals surface area contributed by atoms with Gasteiger partial charge in [-0.1, -0.05) is 19.1 Å². The summed E-state index contributed by atoms with van der Waals surface area (Å²) in [4.78, 5) is 15.9. The van der Waals surface area contributed by atoms with Gasteiger partial charge in [-0.05, 0) is 56.6 Å². The summed E-state index contributed by atoms with van der Waals surface area (Å²) in [5.74, 6) is -0.860. The third-order valence-electron chi connectivity index (χ3n) is 4.08. The fourth-order valence-electron chi connectivity index (χ4n) is 2.89. The molecule has 0 aliphatic carbocycles. The molecule has 4 nitrogen and oxygen atoms in total. The first kappa shape index (κ1) is 16.0. The lowest BCUT2D eigenvalue weighted by atomic mass is 10.1. The van der Waals surface area contributed by atoms with Crippen molar-refractivity contribution in [2.45, 2.75) is 32.7 Å². The predicted octanol–water partition coefficient (Wildman–Crippen LogP) is 2.69. The largest absolute Gasteiger partial charge is 0.478 e. The van der Waals surface area contributed by atoms with E-state index in [0.29, 0.717) is 5.56 Å². The van der Waals surface area contributed by atoms with Crippen molar-refractivity contribution in [2.75, 3.05) is 32.7 Å². The van der Waals surface area contributed by atoms with E-state index in [9.17, 15) is 4.79 Å². The van der Waals surface area contributed by atoms with Gasteiger partial charge in [-0.3, -0.25) is 4.90 Å². The van der Waals surface area contributed by atoms with E-state index < -0.39 is 5.97 Å². The molecule has 1 aliphatic rings. The Hall–Kier alpha value is -1.39. The molecular weight excluding hydrogens is 264 g/mol. The lowest BCUT2D eigenvalue weighted by Gasteiger charge is -2.25. The van der Waals surface area contributed by atoms with Gasteiger partial charge in [0.25, 0.3) is 0 Å². The van der Waals surface area contributed by atoms with Gasteiger partial charge in [0, 0.05) is 19.6 Å². The number of carboxylic acid groups (broad SMARTS) is 1. The Morgan fingerprint density at radius 1 is 1.19 bits per heavy atom. The topological polar surface area (TPSA) is 43.8 Å². The highest BCUT2D eigenvalue weighted by molar-refractivity contribution is 5.87. The van der Waals surface area contributed by atoms with Crippen LogP contribution in [0.25, 0.3) is 0 Å². The van der Waals surface area contributed by atoms with Crippen molar-refractivity contribution < 1.29 is 9.90 Å². The van der Waals surface area contributed by atoms with Crippen molar-refractivity contribution in [1.82, 2.24) is 9.80 Å². The fraction of sp³-hybridized carbons (Fsp3) is 0.588. The van der Waals surface area contributed by atoms with E-state index in [1.54, 1.807) is 12.1 Å². The van der Waals surface area contributed by atoms with E-state index in [2.05, 4.69) is 16.7 Å².